The summed E-state index contributed by atoms with van der Waals surface area (Å²) in [6.07, 6.45) is 14.0. The molecule has 0 spiro atoms. The summed E-state index contributed by atoms with van der Waals surface area (Å²) in [4.78, 5) is 0. The third kappa shape index (κ3) is 15.0. The zero-order valence-corrected chi connectivity index (χ0v) is 12.6. The minimum Gasteiger partial charge on any atom is -0.750 e. The molecule has 0 saturated carbocycles. The fourth-order valence-electron chi connectivity index (χ4n) is 1.83. The second-order valence-electron chi connectivity index (χ2n) is 4.46. The van der Waals surface area contributed by atoms with Gasteiger partial charge in [0, 0.05) is 18.6 Å². The quantitative estimate of drug-likeness (QED) is 0.346. The van der Waals surface area contributed by atoms with Gasteiger partial charge in [-0.15, -0.1) is 0 Å². The Labute approximate surface area is 118 Å². The molecule has 0 aliphatic heterocycles. The van der Waals surface area contributed by atoms with Gasteiger partial charge in [-0.2, -0.15) is 0 Å². The fraction of sp³-hybridized carbons (Fsp3) is 0.643. The van der Waals surface area contributed by atoms with E-state index in [-0.39, 0.29) is 0 Å². The summed E-state index contributed by atoms with van der Waals surface area (Å²) >= 11 is 0. The van der Waals surface area contributed by atoms with Crippen molar-refractivity contribution in [2.24, 2.45) is 0 Å². The van der Waals surface area contributed by atoms with Crippen molar-refractivity contribution in [2.75, 3.05) is 0 Å². The summed E-state index contributed by atoms with van der Waals surface area (Å²) < 4.78 is 27.7. The maximum absolute atomic E-state index is 8.48. The normalized spacial score (nSPS) is 10.1. The van der Waals surface area contributed by atoms with Crippen molar-refractivity contribution in [3.05, 3.63) is 30.6 Å². The number of hydrogen-bond acceptors (Lipinski definition) is 3. The molecule has 0 N–H and O–H groups in total. The van der Waals surface area contributed by atoms with E-state index >= 15 is 0 Å². The summed E-state index contributed by atoms with van der Waals surface area (Å²) in [7, 11) is -3.37. The predicted octanol–water partition coefficient (Wildman–Crippen LogP) is 2.45. The first-order chi connectivity index (χ1) is 9.16. The van der Waals surface area contributed by atoms with E-state index in [1.165, 1.54) is 51.5 Å². The summed E-state index contributed by atoms with van der Waals surface area (Å²) in [6, 6.07) is 6.27. The molecule has 1 heterocycles. The van der Waals surface area contributed by atoms with Crippen molar-refractivity contribution in [3.8, 4) is 0 Å². The lowest BCUT2D eigenvalue weighted by atomic mass is 10.1. The molecule has 110 valence electrons. The van der Waals surface area contributed by atoms with Crippen LogP contribution in [0.25, 0.3) is 0 Å². The topological polar surface area (TPSA) is 61.1 Å². The van der Waals surface area contributed by atoms with E-state index in [2.05, 4.69) is 42.1 Å². The molecule has 0 saturated heterocycles. The number of thiol groups is 1. The van der Waals surface area contributed by atoms with Gasteiger partial charge in [-0.25, -0.2) is 13.0 Å². The lowest BCUT2D eigenvalue weighted by Crippen LogP contribution is -2.32. The first-order valence-electron chi connectivity index (χ1n) is 6.92. The minimum atomic E-state index is -3.37. The summed E-state index contributed by atoms with van der Waals surface area (Å²) in [6.45, 7) is 3.45. The third-order valence-corrected chi connectivity index (χ3v) is 2.80. The molecule has 0 atom stereocenters. The monoisotopic (exact) mass is 287 g/mol. The Morgan fingerprint density at radius 1 is 0.895 bits per heavy atom. The van der Waals surface area contributed by atoms with Gasteiger partial charge in [-0.1, -0.05) is 45.1 Å². The lowest BCUT2D eigenvalue weighted by Gasteiger charge is -1.99. The van der Waals surface area contributed by atoms with Crippen LogP contribution >= 0.6 is 0 Å². The van der Waals surface area contributed by atoms with E-state index in [0.717, 1.165) is 0 Å². The number of rotatable bonds is 8. The van der Waals surface area contributed by atoms with Gasteiger partial charge in [-0.05, 0) is 6.42 Å². The molecule has 1 aromatic rings. The van der Waals surface area contributed by atoms with Crippen LogP contribution in [0.1, 0.15) is 51.9 Å². The molecule has 0 bridgehead atoms. The highest BCUT2D eigenvalue weighted by Gasteiger charge is 1.97. The van der Waals surface area contributed by atoms with Gasteiger partial charge in [0.25, 0.3) is 0 Å². The Hall–Kier alpha value is -0.940. The zero-order chi connectivity index (χ0) is 14.3. The van der Waals surface area contributed by atoms with Crippen LogP contribution in [0.3, 0.4) is 0 Å². The molecular formula is C14H25NO3S. The number of pyridine rings is 1. The second-order valence-corrected chi connectivity index (χ2v) is 4.91. The van der Waals surface area contributed by atoms with Gasteiger partial charge in [0.05, 0.1) is 11.0 Å². The molecule has 1 aromatic heterocycles. The van der Waals surface area contributed by atoms with Gasteiger partial charge < -0.3 is 4.55 Å². The van der Waals surface area contributed by atoms with Crippen LogP contribution < -0.4 is 4.57 Å². The molecule has 0 aromatic carbocycles. The fourth-order valence-corrected chi connectivity index (χ4v) is 1.83. The van der Waals surface area contributed by atoms with Crippen LogP contribution in [0.5, 0.6) is 0 Å². The zero-order valence-electron chi connectivity index (χ0n) is 11.7. The van der Waals surface area contributed by atoms with Crippen molar-refractivity contribution in [3.63, 3.8) is 0 Å². The molecule has 0 fully saturated rings. The molecule has 0 aliphatic rings. The average molecular weight is 287 g/mol. The van der Waals surface area contributed by atoms with E-state index < -0.39 is 11.0 Å². The first kappa shape index (κ1) is 18.1. The summed E-state index contributed by atoms with van der Waals surface area (Å²) in [5.41, 5.74) is 0. The molecular weight excluding hydrogens is 262 g/mol. The van der Waals surface area contributed by atoms with E-state index in [1.807, 2.05) is 0 Å². The largest absolute Gasteiger partial charge is 0.750 e. The number of hydrogen-bond donors (Lipinski definition) is 1. The molecule has 5 heteroatoms. The van der Waals surface area contributed by atoms with E-state index in [0.29, 0.717) is 0 Å². The Morgan fingerprint density at radius 2 is 1.37 bits per heavy atom. The van der Waals surface area contributed by atoms with Crippen LogP contribution in [-0.2, 0) is 17.5 Å². The SMILES string of the molecule is CCCCCCCCC[n+]1ccccc1.O=[SH](=O)[O-]. The van der Waals surface area contributed by atoms with Crippen LogP contribution in [0.15, 0.2) is 30.6 Å². The highest BCUT2D eigenvalue weighted by molar-refractivity contribution is 7.66. The number of aromatic nitrogens is 1. The number of aryl methyl sites for hydroxylation is 1. The number of nitrogens with zero attached hydrogens (tertiary/aromatic N) is 1. The minimum absolute atomic E-state index is 1.18. The van der Waals surface area contributed by atoms with E-state index in [1.54, 1.807) is 0 Å². The van der Waals surface area contributed by atoms with Crippen LogP contribution in [0, 0.1) is 0 Å². The van der Waals surface area contributed by atoms with Crippen molar-refractivity contribution < 1.29 is 17.5 Å². The van der Waals surface area contributed by atoms with Crippen LogP contribution in [0.2, 0.25) is 0 Å². The van der Waals surface area contributed by atoms with Crippen molar-refractivity contribution in [1.29, 1.82) is 0 Å². The summed E-state index contributed by atoms with van der Waals surface area (Å²) in [5, 5.41) is 0. The predicted molar refractivity (Wildman–Crippen MR) is 75.7 cm³/mol. The highest BCUT2D eigenvalue weighted by Crippen LogP contribution is 2.06. The molecule has 0 radical (unpaired) electrons. The van der Waals surface area contributed by atoms with Crippen LogP contribution in [-0.4, -0.2) is 13.0 Å². The summed E-state index contributed by atoms with van der Waals surface area (Å²) in [5.74, 6) is 0. The first-order valence-corrected chi connectivity index (χ1v) is 8.02. The highest BCUT2D eigenvalue weighted by atomic mass is 32.2. The van der Waals surface area contributed by atoms with Gasteiger partial charge in [0.2, 0.25) is 0 Å². The Balaban J connectivity index is 0.000000711. The van der Waals surface area contributed by atoms with Crippen molar-refractivity contribution in [2.45, 2.75) is 58.4 Å². The van der Waals surface area contributed by atoms with Gasteiger partial charge in [0.15, 0.2) is 12.4 Å². The second kappa shape index (κ2) is 13.5. The van der Waals surface area contributed by atoms with Crippen molar-refractivity contribution >= 4 is 11.0 Å². The van der Waals surface area contributed by atoms with Gasteiger partial charge >= 0.3 is 0 Å². The maximum atomic E-state index is 8.48. The smallest absolute Gasteiger partial charge is 0.168 e. The lowest BCUT2D eigenvalue weighted by molar-refractivity contribution is -0.697. The molecule has 4 nitrogen and oxygen atoms in total. The molecule has 1 rings (SSSR count). The van der Waals surface area contributed by atoms with Crippen LogP contribution in [0.4, 0.5) is 0 Å². The molecule has 0 unspecified atom stereocenters. The standard InChI is InChI=1S/C14H24N.H2O3S/c1-2-3-4-5-6-7-9-12-15-13-10-8-11-14-15;1-4(2)3/h8,10-11,13-14H,2-7,9,12H2,1H3;4H,(H,1,2,3)/q+1;/p-1. The Bertz CT molecular complexity index is 358. The van der Waals surface area contributed by atoms with Crippen molar-refractivity contribution in [1.82, 2.24) is 0 Å². The van der Waals surface area contributed by atoms with Gasteiger partial charge in [0.1, 0.15) is 6.54 Å². The molecule has 0 amide bonds. The number of unbranched alkanes of at least 4 members (excludes halogenated alkanes) is 6. The third-order valence-electron chi connectivity index (χ3n) is 2.80. The van der Waals surface area contributed by atoms with Gasteiger partial charge in [-0.3, -0.25) is 0 Å². The Morgan fingerprint density at radius 3 is 1.89 bits per heavy atom. The maximum Gasteiger partial charge on any atom is 0.168 e. The van der Waals surface area contributed by atoms with E-state index in [4.69, 9.17) is 13.0 Å². The molecule has 19 heavy (non-hydrogen) atoms. The molecule has 0 aliphatic carbocycles. The Kier molecular flexibility index (Phi) is 12.8. The average Bonchev–Trinajstić information content (AvgIpc) is 2.38. The van der Waals surface area contributed by atoms with E-state index in [9.17, 15) is 0 Å².